The number of pyridine rings is 1. The van der Waals surface area contributed by atoms with Crippen LogP contribution in [0.3, 0.4) is 0 Å². The van der Waals surface area contributed by atoms with Crippen LogP contribution in [0.5, 0.6) is 5.88 Å². The van der Waals surface area contributed by atoms with E-state index in [1.165, 1.54) is 25.4 Å². The molecule has 0 fully saturated rings. The molecule has 0 aliphatic carbocycles. The molecule has 4 aromatic rings. The molecule has 12 heteroatoms. The Morgan fingerprint density at radius 1 is 1.07 bits per heavy atom. The Labute approximate surface area is 235 Å². The van der Waals surface area contributed by atoms with Gasteiger partial charge in [-0.15, -0.1) is 0 Å². The van der Waals surface area contributed by atoms with Gasteiger partial charge in [0.05, 0.1) is 66.3 Å². The molecule has 210 valence electrons. The Balaban J connectivity index is 1.46. The van der Waals surface area contributed by atoms with Crippen molar-refractivity contribution >= 4 is 23.3 Å². The van der Waals surface area contributed by atoms with Crippen molar-refractivity contribution < 1.29 is 28.2 Å². The summed E-state index contributed by atoms with van der Waals surface area (Å²) in [6, 6.07) is 15.9. The zero-order valence-electron chi connectivity index (χ0n) is 22.4. The van der Waals surface area contributed by atoms with Gasteiger partial charge in [-0.3, -0.25) is 9.89 Å². The first-order valence-corrected chi connectivity index (χ1v) is 12.5. The van der Waals surface area contributed by atoms with Gasteiger partial charge in [-0.2, -0.15) is 10.4 Å². The molecule has 41 heavy (non-hydrogen) atoms. The average Bonchev–Trinajstić information content (AvgIpc) is 3.45. The molecule has 0 atom stereocenters. The summed E-state index contributed by atoms with van der Waals surface area (Å²) < 4.78 is 29.8. The minimum Gasteiger partial charge on any atom is -0.473 e. The number of benzene rings is 2. The number of nitrogens with zero attached hydrogens (tertiary/aromatic N) is 3. The largest absolute Gasteiger partial charge is 0.473 e. The number of nitrogens with one attached hydrogen (secondary N) is 3. The molecule has 3 N–H and O–H groups in total. The van der Waals surface area contributed by atoms with Gasteiger partial charge in [-0.25, -0.2) is 14.2 Å². The average molecular weight is 559 g/mol. The molecule has 0 aliphatic heterocycles. The Morgan fingerprint density at radius 2 is 1.93 bits per heavy atom. The van der Waals surface area contributed by atoms with Crippen LogP contribution in [0.1, 0.15) is 27.0 Å². The van der Waals surface area contributed by atoms with Crippen LogP contribution in [0.2, 0.25) is 0 Å². The maximum atomic E-state index is 14.2. The molecule has 2 aromatic carbocycles. The fraction of sp³-hybridized carbons (Fsp3) is 0.207. The summed E-state index contributed by atoms with van der Waals surface area (Å²) in [4.78, 5) is 29.5. The van der Waals surface area contributed by atoms with E-state index in [9.17, 15) is 14.0 Å². The van der Waals surface area contributed by atoms with Gasteiger partial charge < -0.3 is 24.8 Å². The van der Waals surface area contributed by atoms with E-state index in [2.05, 4.69) is 25.8 Å². The Hall–Kier alpha value is -5.28. The summed E-state index contributed by atoms with van der Waals surface area (Å²) in [6.07, 6.45) is 1.51. The lowest BCUT2D eigenvalue weighted by Crippen LogP contribution is -2.17. The van der Waals surface area contributed by atoms with Gasteiger partial charge in [-0.1, -0.05) is 12.1 Å². The van der Waals surface area contributed by atoms with Crippen LogP contribution in [0.25, 0.3) is 11.4 Å². The molecular formula is C29H27FN6O5. The second-order valence-corrected chi connectivity index (χ2v) is 8.73. The molecule has 2 aromatic heterocycles. The third kappa shape index (κ3) is 7.43. The summed E-state index contributed by atoms with van der Waals surface area (Å²) in [7, 11) is 2.87. The number of rotatable bonds is 12. The van der Waals surface area contributed by atoms with Gasteiger partial charge in [0.2, 0.25) is 11.8 Å². The summed E-state index contributed by atoms with van der Waals surface area (Å²) in [6.45, 7) is 0.798. The van der Waals surface area contributed by atoms with Gasteiger partial charge in [0.15, 0.2) is 0 Å². The molecule has 0 spiro atoms. The van der Waals surface area contributed by atoms with Crippen molar-refractivity contribution in [2.75, 3.05) is 38.0 Å². The number of ether oxygens (including phenoxy) is 3. The normalized spacial score (nSPS) is 10.5. The van der Waals surface area contributed by atoms with Crippen molar-refractivity contribution in [2.45, 2.75) is 13.0 Å². The number of hydrogen-bond acceptors (Lipinski definition) is 9. The second kappa shape index (κ2) is 13.7. The lowest BCUT2D eigenvalue weighted by molar-refractivity contribution is -0.115. The number of amides is 1. The summed E-state index contributed by atoms with van der Waals surface area (Å²) in [5, 5.41) is 21.9. The Kier molecular flexibility index (Phi) is 9.58. The lowest BCUT2D eigenvalue weighted by atomic mass is 10.1. The highest BCUT2D eigenvalue weighted by Crippen LogP contribution is 2.26. The first kappa shape index (κ1) is 28.7. The van der Waals surface area contributed by atoms with E-state index in [4.69, 9.17) is 19.5 Å². The molecule has 0 saturated heterocycles. The highest BCUT2D eigenvalue weighted by molar-refractivity contribution is 5.98. The predicted molar refractivity (Wildman–Crippen MR) is 148 cm³/mol. The third-order valence-corrected chi connectivity index (χ3v) is 5.94. The van der Waals surface area contributed by atoms with E-state index in [-0.39, 0.29) is 35.9 Å². The molecule has 0 aliphatic rings. The number of halogens is 1. The number of esters is 1. The zero-order valence-corrected chi connectivity index (χ0v) is 22.4. The summed E-state index contributed by atoms with van der Waals surface area (Å²) in [5.41, 5.74) is 3.44. The SMILES string of the molecule is COCCNc1cc(C(=O)OC)ccc1NC(=O)Cc1cn[nH]c1-c1cccc(OCc2ccc(C#N)cc2F)n1. The zero-order chi connectivity index (χ0) is 29.2. The fourth-order valence-corrected chi connectivity index (χ4v) is 3.89. The predicted octanol–water partition coefficient (Wildman–Crippen LogP) is 4.09. The maximum absolute atomic E-state index is 14.2. The van der Waals surface area contributed by atoms with E-state index in [1.807, 2.05) is 6.07 Å². The minimum atomic E-state index is -0.543. The number of anilines is 2. The van der Waals surface area contributed by atoms with Gasteiger partial charge in [0.1, 0.15) is 12.4 Å². The molecule has 2 heterocycles. The quantitative estimate of drug-likeness (QED) is 0.172. The number of carbonyl (C=O) groups excluding carboxylic acids is 2. The van der Waals surface area contributed by atoms with Gasteiger partial charge in [0.25, 0.3) is 0 Å². The highest BCUT2D eigenvalue weighted by Gasteiger charge is 2.16. The van der Waals surface area contributed by atoms with Crippen LogP contribution in [0, 0.1) is 17.1 Å². The van der Waals surface area contributed by atoms with Gasteiger partial charge in [-0.05, 0) is 36.4 Å². The molecule has 0 unspecified atom stereocenters. The van der Waals surface area contributed by atoms with E-state index >= 15 is 0 Å². The minimum absolute atomic E-state index is 0.0225. The number of methoxy groups -OCH3 is 2. The molecule has 0 bridgehead atoms. The number of aromatic nitrogens is 3. The fourth-order valence-electron chi connectivity index (χ4n) is 3.89. The summed E-state index contributed by atoms with van der Waals surface area (Å²) >= 11 is 0. The van der Waals surface area contributed by atoms with E-state index < -0.39 is 11.8 Å². The molecule has 4 rings (SSSR count). The number of hydrogen-bond donors (Lipinski definition) is 3. The molecule has 0 saturated carbocycles. The second-order valence-electron chi connectivity index (χ2n) is 8.73. The maximum Gasteiger partial charge on any atom is 0.337 e. The topological polar surface area (TPSA) is 151 Å². The monoisotopic (exact) mass is 558 g/mol. The molecule has 1 amide bonds. The Bertz CT molecular complexity index is 1580. The third-order valence-electron chi connectivity index (χ3n) is 5.94. The molecule has 0 radical (unpaired) electrons. The van der Waals surface area contributed by atoms with E-state index in [0.717, 1.165) is 6.07 Å². The van der Waals surface area contributed by atoms with E-state index in [1.54, 1.807) is 43.5 Å². The first-order valence-electron chi connectivity index (χ1n) is 12.5. The lowest BCUT2D eigenvalue weighted by Gasteiger charge is -2.14. The Morgan fingerprint density at radius 3 is 2.68 bits per heavy atom. The van der Waals surface area contributed by atoms with Crippen LogP contribution < -0.4 is 15.4 Å². The highest BCUT2D eigenvalue weighted by atomic mass is 19.1. The number of nitriles is 1. The molecular weight excluding hydrogens is 531 g/mol. The smallest absolute Gasteiger partial charge is 0.337 e. The van der Waals surface area contributed by atoms with Crippen LogP contribution in [-0.2, 0) is 27.3 Å². The number of H-pyrrole nitrogens is 1. The number of carbonyl (C=O) groups is 2. The van der Waals surface area contributed by atoms with Crippen molar-refractivity contribution in [1.29, 1.82) is 5.26 Å². The van der Waals surface area contributed by atoms with Crippen LogP contribution >= 0.6 is 0 Å². The van der Waals surface area contributed by atoms with E-state index in [0.29, 0.717) is 47.0 Å². The summed E-state index contributed by atoms with van der Waals surface area (Å²) in [5.74, 6) is -1.12. The van der Waals surface area contributed by atoms with Crippen LogP contribution in [-0.4, -0.2) is 54.4 Å². The van der Waals surface area contributed by atoms with Crippen molar-refractivity contribution in [2.24, 2.45) is 0 Å². The van der Waals surface area contributed by atoms with Crippen molar-refractivity contribution in [3.8, 4) is 23.3 Å². The van der Waals surface area contributed by atoms with Crippen LogP contribution in [0.15, 0.2) is 60.8 Å². The van der Waals surface area contributed by atoms with Crippen LogP contribution in [0.4, 0.5) is 15.8 Å². The van der Waals surface area contributed by atoms with Crippen molar-refractivity contribution in [1.82, 2.24) is 15.2 Å². The van der Waals surface area contributed by atoms with Crippen molar-refractivity contribution in [3.63, 3.8) is 0 Å². The molecule has 11 nitrogen and oxygen atoms in total. The standard InChI is InChI=1S/C29H27FN6O5/c1-39-11-10-32-25-13-19(29(38)40-2)8-9-23(25)34-26(37)14-21-16-33-36-28(21)24-4-3-5-27(35-24)41-17-20-7-6-18(15-31)12-22(20)30/h3-9,12-13,16,32H,10-11,14,17H2,1-2H3,(H,33,36)(H,34,37). The number of aromatic amines is 1. The van der Waals surface area contributed by atoms with Crippen molar-refractivity contribution in [3.05, 3.63) is 88.9 Å². The van der Waals surface area contributed by atoms with Gasteiger partial charge >= 0.3 is 5.97 Å². The first-order chi connectivity index (χ1) is 19.9. The van der Waals surface area contributed by atoms with Gasteiger partial charge in [0, 0.05) is 30.8 Å².